The van der Waals surface area contributed by atoms with Gasteiger partial charge in [0.05, 0.1) is 24.0 Å². The van der Waals surface area contributed by atoms with Gasteiger partial charge in [-0.15, -0.1) is 0 Å². The van der Waals surface area contributed by atoms with Crippen molar-refractivity contribution in [2.24, 2.45) is 0 Å². The number of methoxy groups -OCH3 is 1. The average Bonchev–Trinajstić information content (AvgIpc) is 3.23. The Labute approximate surface area is 199 Å². The first-order valence-electron chi connectivity index (χ1n) is 11.6. The highest BCUT2D eigenvalue weighted by Crippen LogP contribution is 2.39. The van der Waals surface area contributed by atoms with Crippen LogP contribution in [0.1, 0.15) is 5.56 Å². The van der Waals surface area contributed by atoms with E-state index in [1.54, 1.807) is 13.4 Å². The largest absolute Gasteiger partial charge is 0.383 e. The number of aromatic nitrogens is 3. The second-order valence-corrected chi connectivity index (χ2v) is 8.32. The number of hydrogen-bond acceptors (Lipinski definition) is 3. The van der Waals surface area contributed by atoms with Crippen LogP contribution in [-0.4, -0.2) is 27.8 Å². The Hall–Kier alpha value is -3.96. The van der Waals surface area contributed by atoms with Crippen LogP contribution in [0.15, 0.2) is 97.3 Å². The maximum Gasteiger partial charge on any atom is 0.146 e. The van der Waals surface area contributed by atoms with E-state index in [4.69, 9.17) is 15.1 Å². The molecule has 2 heterocycles. The fourth-order valence-electron chi connectivity index (χ4n) is 4.53. The lowest BCUT2D eigenvalue weighted by Gasteiger charge is -2.13. The van der Waals surface area contributed by atoms with Crippen LogP contribution in [0.25, 0.3) is 33.4 Å². The summed E-state index contributed by atoms with van der Waals surface area (Å²) in [6, 6.07) is 31.3. The highest BCUT2D eigenvalue weighted by molar-refractivity contribution is 6.02. The monoisotopic (exact) mass is 448 g/mol. The topological polar surface area (TPSA) is 55.8 Å². The summed E-state index contributed by atoms with van der Waals surface area (Å²) in [5.74, 6) is 0. The van der Waals surface area contributed by atoms with Crippen LogP contribution < -0.4 is 5.49 Å². The van der Waals surface area contributed by atoms with Gasteiger partial charge in [0.25, 0.3) is 0 Å². The van der Waals surface area contributed by atoms with Crippen molar-refractivity contribution in [3.63, 3.8) is 0 Å². The Balaban J connectivity index is 1.79. The zero-order chi connectivity index (χ0) is 23.3. The Kier molecular flexibility index (Phi) is 6.36. The van der Waals surface area contributed by atoms with Crippen molar-refractivity contribution in [2.45, 2.75) is 19.5 Å². The molecule has 170 valence electrons. The molecule has 0 unspecified atom stereocenters. The van der Waals surface area contributed by atoms with Crippen LogP contribution >= 0.6 is 0 Å². The molecule has 5 aromatic rings. The van der Waals surface area contributed by atoms with Crippen molar-refractivity contribution in [3.8, 4) is 22.4 Å². The van der Waals surface area contributed by atoms with Gasteiger partial charge in [-0.2, -0.15) is 0 Å². The van der Waals surface area contributed by atoms with Crippen molar-refractivity contribution < 1.29 is 4.74 Å². The lowest BCUT2D eigenvalue weighted by molar-refractivity contribution is 0.185. The van der Waals surface area contributed by atoms with E-state index in [1.165, 1.54) is 5.56 Å². The summed E-state index contributed by atoms with van der Waals surface area (Å²) in [5, 5.41) is 10.0. The van der Waals surface area contributed by atoms with Crippen LogP contribution in [0, 0.1) is 5.41 Å². The van der Waals surface area contributed by atoms with Crippen LogP contribution in [0.5, 0.6) is 0 Å². The van der Waals surface area contributed by atoms with Gasteiger partial charge in [-0.1, -0.05) is 91.0 Å². The standard InChI is InChI=1S/C29H28N4O/c1-34-20-19-32-21-31-29-26(28(32)30)25(23-13-7-3-8-14-23)27(24-15-9-4-10-16-24)33(29)18-17-22-11-5-2-6-12-22/h2-16,21,30H,17-20H2,1H3. The second-order valence-electron chi connectivity index (χ2n) is 8.32. The summed E-state index contributed by atoms with van der Waals surface area (Å²) >= 11 is 0. The number of rotatable bonds is 8. The minimum atomic E-state index is 0.455. The van der Waals surface area contributed by atoms with Crippen molar-refractivity contribution in [1.29, 1.82) is 5.41 Å². The molecule has 3 aromatic carbocycles. The lowest BCUT2D eigenvalue weighted by atomic mass is 9.99. The minimum absolute atomic E-state index is 0.455. The number of aryl methyl sites for hydroxylation is 2. The number of nitrogens with zero attached hydrogens (tertiary/aromatic N) is 3. The molecule has 5 nitrogen and oxygen atoms in total. The Morgan fingerprint density at radius 3 is 2.06 bits per heavy atom. The van der Waals surface area contributed by atoms with Crippen LogP contribution in [0.4, 0.5) is 0 Å². The smallest absolute Gasteiger partial charge is 0.146 e. The first kappa shape index (κ1) is 21.9. The Morgan fingerprint density at radius 2 is 1.41 bits per heavy atom. The molecule has 0 atom stereocenters. The number of hydrogen-bond donors (Lipinski definition) is 1. The fourth-order valence-corrected chi connectivity index (χ4v) is 4.53. The van der Waals surface area contributed by atoms with E-state index >= 15 is 0 Å². The van der Waals surface area contributed by atoms with E-state index in [2.05, 4.69) is 77.4 Å². The quantitative estimate of drug-likeness (QED) is 0.339. The molecule has 0 amide bonds. The van der Waals surface area contributed by atoms with E-state index in [9.17, 15) is 0 Å². The summed E-state index contributed by atoms with van der Waals surface area (Å²) in [6.07, 6.45) is 2.65. The summed E-state index contributed by atoms with van der Waals surface area (Å²) in [7, 11) is 1.68. The van der Waals surface area contributed by atoms with Crippen LogP contribution in [0.2, 0.25) is 0 Å². The third-order valence-corrected chi connectivity index (χ3v) is 6.19. The number of ether oxygens (including phenoxy) is 1. The summed E-state index contributed by atoms with van der Waals surface area (Å²) < 4.78 is 9.44. The van der Waals surface area contributed by atoms with Gasteiger partial charge >= 0.3 is 0 Å². The predicted octanol–water partition coefficient (Wildman–Crippen LogP) is 5.54. The first-order chi connectivity index (χ1) is 16.8. The molecule has 34 heavy (non-hydrogen) atoms. The number of benzene rings is 3. The molecule has 0 fully saturated rings. The third-order valence-electron chi connectivity index (χ3n) is 6.19. The van der Waals surface area contributed by atoms with E-state index in [0.717, 1.165) is 46.4 Å². The highest BCUT2D eigenvalue weighted by atomic mass is 16.5. The maximum atomic E-state index is 9.13. The summed E-state index contributed by atoms with van der Waals surface area (Å²) in [5.41, 5.74) is 6.94. The van der Waals surface area contributed by atoms with Gasteiger partial charge in [0.2, 0.25) is 0 Å². The first-order valence-corrected chi connectivity index (χ1v) is 11.6. The average molecular weight is 449 g/mol. The molecule has 2 aromatic heterocycles. The molecule has 5 heteroatoms. The molecule has 0 aliphatic carbocycles. The molecule has 0 saturated heterocycles. The van der Waals surface area contributed by atoms with Gasteiger partial charge in [0.15, 0.2) is 0 Å². The summed E-state index contributed by atoms with van der Waals surface area (Å²) in [4.78, 5) is 4.89. The Bertz CT molecular complexity index is 1440. The minimum Gasteiger partial charge on any atom is -0.383 e. The van der Waals surface area contributed by atoms with Gasteiger partial charge in [0, 0.05) is 25.8 Å². The van der Waals surface area contributed by atoms with Crippen molar-refractivity contribution in [3.05, 3.63) is 108 Å². The fraction of sp³-hybridized carbons (Fsp3) is 0.172. The molecule has 0 bridgehead atoms. The molecule has 1 N–H and O–H groups in total. The van der Waals surface area contributed by atoms with E-state index in [-0.39, 0.29) is 0 Å². The van der Waals surface area contributed by atoms with E-state index in [1.807, 2.05) is 22.8 Å². The zero-order valence-corrected chi connectivity index (χ0v) is 19.3. The van der Waals surface area contributed by atoms with Gasteiger partial charge in [-0.3, -0.25) is 5.41 Å². The third kappa shape index (κ3) is 4.18. The van der Waals surface area contributed by atoms with Crippen molar-refractivity contribution in [2.75, 3.05) is 13.7 Å². The SMILES string of the molecule is COCCn1cnc2c(c(-c3ccccc3)c(-c3ccccc3)n2CCc2ccccc2)c1=N. The van der Waals surface area contributed by atoms with Crippen molar-refractivity contribution in [1.82, 2.24) is 14.1 Å². The van der Waals surface area contributed by atoms with Gasteiger partial charge in [0.1, 0.15) is 11.1 Å². The molecule has 0 aliphatic rings. The Morgan fingerprint density at radius 1 is 0.794 bits per heavy atom. The summed E-state index contributed by atoms with van der Waals surface area (Å²) in [6.45, 7) is 1.89. The molecular weight excluding hydrogens is 420 g/mol. The second kappa shape index (κ2) is 9.89. The van der Waals surface area contributed by atoms with E-state index in [0.29, 0.717) is 18.6 Å². The normalized spacial score (nSPS) is 11.2. The molecular formula is C29H28N4O. The number of nitrogens with one attached hydrogen (secondary N) is 1. The van der Waals surface area contributed by atoms with Crippen LogP contribution in [-0.2, 0) is 24.2 Å². The number of fused-ring (bicyclic) bond motifs is 1. The van der Waals surface area contributed by atoms with Gasteiger partial charge < -0.3 is 13.9 Å². The molecule has 5 rings (SSSR count). The highest BCUT2D eigenvalue weighted by Gasteiger charge is 2.23. The zero-order valence-electron chi connectivity index (χ0n) is 19.3. The lowest BCUT2D eigenvalue weighted by Crippen LogP contribution is -2.23. The maximum absolute atomic E-state index is 9.13. The predicted molar refractivity (Wildman–Crippen MR) is 136 cm³/mol. The van der Waals surface area contributed by atoms with Crippen LogP contribution in [0.3, 0.4) is 0 Å². The molecule has 0 spiro atoms. The molecule has 0 aliphatic heterocycles. The van der Waals surface area contributed by atoms with Gasteiger partial charge in [-0.05, 0) is 23.1 Å². The van der Waals surface area contributed by atoms with Crippen molar-refractivity contribution >= 4 is 11.0 Å². The van der Waals surface area contributed by atoms with E-state index < -0.39 is 0 Å². The molecule has 0 saturated carbocycles. The van der Waals surface area contributed by atoms with Gasteiger partial charge in [-0.25, -0.2) is 4.98 Å². The molecule has 0 radical (unpaired) electrons.